The number of rotatable bonds is 10. The molecule has 1 aromatic carbocycles. The molecular formula is C24H33N3O5. The van der Waals surface area contributed by atoms with Gasteiger partial charge in [0.25, 0.3) is 0 Å². The van der Waals surface area contributed by atoms with Crippen LogP contribution in [0.5, 0.6) is 0 Å². The predicted molar refractivity (Wildman–Crippen MR) is 121 cm³/mol. The molecule has 8 heteroatoms. The van der Waals surface area contributed by atoms with Crippen molar-refractivity contribution < 1.29 is 23.9 Å². The minimum absolute atomic E-state index is 0.0395. The summed E-state index contributed by atoms with van der Waals surface area (Å²) < 4.78 is 12.6. The topological polar surface area (TPSA) is 98.7 Å². The van der Waals surface area contributed by atoms with Crippen molar-refractivity contribution in [2.24, 2.45) is 18.9 Å². The second kappa shape index (κ2) is 10.6. The van der Waals surface area contributed by atoms with Gasteiger partial charge in [-0.3, -0.25) is 14.4 Å². The zero-order valence-corrected chi connectivity index (χ0v) is 19.2. The molecule has 0 saturated carbocycles. The predicted octanol–water partition coefficient (Wildman–Crippen LogP) is 2.29. The van der Waals surface area contributed by atoms with E-state index in [0.29, 0.717) is 19.6 Å². The van der Waals surface area contributed by atoms with E-state index >= 15 is 0 Å². The first-order valence-electron chi connectivity index (χ1n) is 11.2. The van der Waals surface area contributed by atoms with Gasteiger partial charge in [0.05, 0.1) is 6.42 Å². The van der Waals surface area contributed by atoms with Gasteiger partial charge in [0.15, 0.2) is 0 Å². The Morgan fingerprint density at radius 3 is 2.75 bits per heavy atom. The quantitative estimate of drug-likeness (QED) is 0.549. The fourth-order valence-corrected chi connectivity index (χ4v) is 4.12. The summed E-state index contributed by atoms with van der Waals surface area (Å²) in [7, 11) is 2.01. The number of benzene rings is 1. The van der Waals surface area contributed by atoms with Gasteiger partial charge in [-0.05, 0) is 30.9 Å². The second-order valence-electron chi connectivity index (χ2n) is 8.57. The van der Waals surface area contributed by atoms with E-state index in [9.17, 15) is 14.4 Å². The van der Waals surface area contributed by atoms with E-state index in [1.807, 2.05) is 33.0 Å². The molecule has 0 spiro atoms. The van der Waals surface area contributed by atoms with E-state index in [1.165, 1.54) is 10.9 Å². The van der Waals surface area contributed by atoms with Crippen LogP contribution in [-0.2, 0) is 37.3 Å². The molecule has 0 bridgehead atoms. The molecule has 1 aromatic heterocycles. The van der Waals surface area contributed by atoms with Crippen LogP contribution in [0.15, 0.2) is 30.5 Å². The minimum atomic E-state index is -0.779. The van der Waals surface area contributed by atoms with Crippen LogP contribution in [0.1, 0.15) is 39.2 Å². The standard InChI is InChI=1S/C24H33N3O5/c1-5-31-24-19(13-22(29)32-24)26-23(30)18(15(2)3)12-21(28)25-11-10-16-14-27(4)20-9-7-6-8-17(16)20/h6-9,14-15,18-19,24H,5,10-13H2,1-4H3,(H,25,28)(H,26,30). The number of hydrogen-bond donors (Lipinski definition) is 2. The number of cyclic esters (lactones) is 1. The zero-order valence-electron chi connectivity index (χ0n) is 19.2. The largest absolute Gasteiger partial charge is 0.433 e. The van der Waals surface area contributed by atoms with Gasteiger partial charge in [0, 0.05) is 49.6 Å². The molecule has 3 unspecified atom stereocenters. The number of para-hydroxylation sites is 1. The van der Waals surface area contributed by atoms with Gasteiger partial charge in [0.1, 0.15) is 6.04 Å². The molecule has 32 heavy (non-hydrogen) atoms. The van der Waals surface area contributed by atoms with Crippen molar-refractivity contribution in [1.82, 2.24) is 15.2 Å². The SMILES string of the molecule is CCOC1OC(=O)CC1NC(=O)C(CC(=O)NCCc1cn(C)c2ccccc12)C(C)C. The molecular weight excluding hydrogens is 410 g/mol. The summed E-state index contributed by atoms with van der Waals surface area (Å²) in [5.74, 6) is -1.38. The summed E-state index contributed by atoms with van der Waals surface area (Å²) in [6.07, 6.45) is 2.17. The first-order valence-corrected chi connectivity index (χ1v) is 11.2. The molecule has 1 aliphatic heterocycles. The number of nitrogens with zero attached hydrogens (tertiary/aromatic N) is 1. The highest BCUT2D eigenvalue weighted by Gasteiger charge is 2.38. The summed E-state index contributed by atoms with van der Waals surface area (Å²) >= 11 is 0. The van der Waals surface area contributed by atoms with Crippen molar-refractivity contribution in [3.63, 3.8) is 0 Å². The van der Waals surface area contributed by atoms with E-state index < -0.39 is 24.2 Å². The molecule has 1 fully saturated rings. The molecule has 2 aromatic rings. The van der Waals surface area contributed by atoms with E-state index in [-0.39, 0.29) is 30.6 Å². The van der Waals surface area contributed by atoms with Gasteiger partial charge in [-0.1, -0.05) is 32.0 Å². The Labute approximate surface area is 188 Å². The smallest absolute Gasteiger partial charge is 0.310 e. The summed E-state index contributed by atoms with van der Waals surface area (Å²) in [4.78, 5) is 37.0. The summed E-state index contributed by atoms with van der Waals surface area (Å²) in [6, 6.07) is 7.64. The molecule has 8 nitrogen and oxygen atoms in total. The fourth-order valence-electron chi connectivity index (χ4n) is 4.12. The molecule has 3 rings (SSSR count). The molecule has 3 atom stereocenters. The number of nitrogens with one attached hydrogen (secondary N) is 2. The van der Waals surface area contributed by atoms with Crippen LogP contribution in [-0.4, -0.2) is 47.8 Å². The van der Waals surface area contributed by atoms with Gasteiger partial charge < -0.3 is 24.7 Å². The maximum Gasteiger partial charge on any atom is 0.310 e. The maximum atomic E-state index is 12.9. The average Bonchev–Trinajstić information content (AvgIpc) is 3.25. The lowest BCUT2D eigenvalue weighted by Crippen LogP contribution is -2.46. The first-order chi connectivity index (χ1) is 15.3. The number of amides is 2. The maximum absolute atomic E-state index is 12.9. The van der Waals surface area contributed by atoms with Gasteiger partial charge in [-0.25, -0.2) is 0 Å². The highest BCUT2D eigenvalue weighted by molar-refractivity contribution is 5.87. The summed E-state index contributed by atoms with van der Waals surface area (Å²) in [5.41, 5.74) is 2.33. The van der Waals surface area contributed by atoms with Gasteiger partial charge in [0.2, 0.25) is 18.1 Å². The van der Waals surface area contributed by atoms with Crippen molar-refractivity contribution in [3.05, 3.63) is 36.0 Å². The Kier molecular flexibility index (Phi) is 7.90. The van der Waals surface area contributed by atoms with Crippen molar-refractivity contribution in [2.45, 2.75) is 52.4 Å². The Morgan fingerprint density at radius 2 is 2.03 bits per heavy atom. The third-order valence-corrected chi connectivity index (χ3v) is 5.86. The second-order valence-corrected chi connectivity index (χ2v) is 8.57. The number of aryl methyl sites for hydroxylation is 1. The third kappa shape index (κ3) is 5.68. The van der Waals surface area contributed by atoms with Gasteiger partial charge in [-0.2, -0.15) is 0 Å². The Morgan fingerprint density at radius 1 is 1.28 bits per heavy atom. The zero-order chi connectivity index (χ0) is 23.3. The number of ether oxygens (including phenoxy) is 2. The van der Waals surface area contributed by atoms with Crippen LogP contribution < -0.4 is 10.6 Å². The first kappa shape index (κ1) is 23.8. The number of carbonyl (C=O) groups excluding carboxylic acids is 3. The third-order valence-electron chi connectivity index (χ3n) is 5.86. The van der Waals surface area contributed by atoms with E-state index in [0.717, 1.165) is 5.52 Å². The lowest BCUT2D eigenvalue weighted by molar-refractivity contribution is -0.164. The van der Waals surface area contributed by atoms with Crippen LogP contribution in [0.3, 0.4) is 0 Å². The lowest BCUT2D eigenvalue weighted by Gasteiger charge is -2.24. The molecule has 0 radical (unpaired) electrons. The van der Waals surface area contributed by atoms with Crippen molar-refractivity contribution in [1.29, 1.82) is 0 Å². The number of aromatic nitrogens is 1. The van der Waals surface area contributed by atoms with Crippen LogP contribution in [0, 0.1) is 11.8 Å². The van der Waals surface area contributed by atoms with Gasteiger partial charge in [-0.15, -0.1) is 0 Å². The van der Waals surface area contributed by atoms with E-state index in [2.05, 4.69) is 33.5 Å². The van der Waals surface area contributed by atoms with E-state index in [4.69, 9.17) is 9.47 Å². The molecule has 174 valence electrons. The molecule has 2 amide bonds. The molecule has 2 N–H and O–H groups in total. The van der Waals surface area contributed by atoms with Crippen LogP contribution in [0.2, 0.25) is 0 Å². The molecule has 1 saturated heterocycles. The number of fused-ring (bicyclic) bond motifs is 1. The van der Waals surface area contributed by atoms with Crippen LogP contribution in [0.4, 0.5) is 0 Å². The summed E-state index contributed by atoms with van der Waals surface area (Å²) in [5, 5.41) is 6.97. The number of carbonyl (C=O) groups is 3. The monoisotopic (exact) mass is 443 g/mol. The van der Waals surface area contributed by atoms with Crippen LogP contribution >= 0.6 is 0 Å². The fraction of sp³-hybridized carbons (Fsp3) is 0.542. The molecule has 0 aliphatic carbocycles. The van der Waals surface area contributed by atoms with Crippen LogP contribution in [0.25, 0.3) is 10.9 Å². The van der Waals surface area contributed by atoms with Crippen molar-refractivity contribution in [2.75, 3.05) is 13.2 Å². The van der Waals surface area contributed by atoms with Crippen molar-refractivity contribution >= 4 is 28.7 Å². The van der Waals surface area contributed by atoms with E-state index in [1.54, 1.807) is 6.92 Å². The van der Waals surface area contributed by atoms with Gasteiger partial charge >= 0.3 is 5.97 Å². The number of hydrogen-bond acceptors (Lipinski definition) is 5. The highest BCUT2D eigenvalue weighted by Crippen LogP contribution is 2.22. The minimum Gasteiger partial charge on any atom is -0.433 e. The Balaban J connectivity index is 1.53. The average molecular weight is 444 g/mol. The molecule has 1 aliphatic rings. The Bertz CT molecular complexity index is 968. The highest BCUT2D eigenvalue weighted by atomic mass is 16.7. The Hall–Kier alpha value is -2.87. The van der Waals surface area contributed by atoms with Crippen molar-refractivity contribution in [3.8, 4) is 0 Å². The summed E-state index contributed by atoms with van der Waals surface area (Å²) in [6.45, 7) is 6.48. The molecule has 2 heterocycles. The number of esters is 1. The lowest BCUT2D eigenvalue weighted by atomic mass is 9.91. The normalized spacial score (nSPS) is 19.2.